The van der Waals surface area contributed by atoms with Crippen molar-refractivity contribution in [3.63, 3.8) is 0 Å². The van der Waals surface area contributed by atoms with E-state index in [4.69, 9.17) is 4.74 Å². The lowest BCUT2D eigenvalue weighted by Gasteiger charge is -2.11. The van der Waals surface area contributed by atoms with Gasteiger partial charge in [0.1, 0.15) is 5.75 Å². The largest absolute Gasteiger partial charge is 0.426 e. The molecule has 0 saturated heterocycles. The molecule has 0 bridgehead atoms. The summed E-state index contributed by atoms with van der Waals surface area (Å²) in [5, 5.41) is 0. The van der Waals surface area contributed by atoms with E-state index in [-0.39, 0.29) is 11.4 Å². The third-order valence-corrected chi connectivity index (χ3v) is 2.92. The van der Waals surface area contributed by atoms with Gasteiger partial charge in [0.15, 0.2) is 0 Å². The molecule has 0 aliphatic heterocycles. The molecule has 1 aliphatic carbocycles. The molecule has 0 unspecified atom stereocenters. The molecule has 1 saturated carbocycles. The van der Waals surface area contributed by atoms with Crippen LogP contribution in [-0.4, -0.2) is 5.97 Å². The van der Waals surface area contributed by atoms with Crippen LogP contribution >= 0.6 is 0 Å². The standard InChI is InChI=1S/C12H14O2/c1-2-12(8-9-12)11(13)14-10-6-4-3-5-7-10/h3-7H,2,8-9H2,1H3. The highest BCUT2D eigenvalue weighted by Crippen LogP contribution is 2.49. The molecule has 0 N–H and O–H groups in total. The zero-order valence-corrected chi connectivity index (χ0v) is 8.32. The van der Waals surface area contributed by atoms with E-state index >= 15 is 0 Å². The van der Waals surface area contributed by atoms with Crippen molar-refractivity contribution in [1.82, 2.24) is 0 Å². The van der Waals surface area contributed by atoms with Crippen molar-refractivity contribution in [2.45, 2.75) is 26.2 Å². The first-order valence-corrected chi connectivity index (χ1v) is 5.04. The van der Waals surface area contributed by atoms with Gasteiger partial charge in [-0.25, -0.2) is 0 Å². The molecule has 0 radical (unpaired) electrons. The SMILES string of the molecule is CCC1(C(=O)Oc2ccccc2)CC1. The molecular formula is C12H14O2. The van der Waals surface area contributed by atoms with Gasteiger partial charge in [0.25, 0.3) is 0 Å². The van der Waals surface area contributed by atoms with Crippen LogP contribution in [-0.2, 0) is 4.79 Å². The van der Waals surface area contributed by atoms with Crippen molar-refractivity contribution < 1.29 is 9.53 Å². The molecule has 74 valence electrons. The quantitative estimate of drug-likeness (QED) is 0.541. The van der Waals surface area contributed by atoms with Crippen LogP contribution in [0.15, 0.2) is 30.3 Å². The summed E-state index contributed by atoms with van der Waals surface area (Å²) in [4.78, 5) is 11.7. The van der Waals surface area contributed by atoms with Crippen LogP contribution in [0.1, 0.15) is 26.2 Å². The number of benzene rings is 1. The summed E-state index contributed by atoms with van der Waals surface area (Å²) in [6.45, 7) is 2.04. The number of para-hydroxylation sites is 1. The highest BCUT2D eigenvalue weighted by Gasteiger charge is 2.49. The average molecular weight is 190 g/mol. The van der Waals surface area contributed by atoms with Gasteiger partial charge in [0.05, 0.1) is 5.41 Å². The molecule has 0 aromatic heterocycles. The summed E-state index contributed by atoms with van der Waals surface area (Å²) in [5.74, 6) is 0.587. The monoisotopic (exact) mass is 190 g/mol. The third kappa shape index (κ3) is 1.65. The summed E-state index contributed by atoms with van der Waals surface area (Å²) in [7, 11) is 0. The molecule has 0 amide bonds. The maximum absolute atomic E-state index is 11.7. The second kappa shape index (κ2) is 3.45. The Morgan fingerprint density at radius 1 is 1.36 bits per heavy atom. The predicted molar refractivity (Wildman–Crippen MR) is 54.0 cm³/mol. The first-order valence-electron chi connectivity index (χ1n) is 5.04. The Hall–Kier alpha value is -1.31. The van der Waals surface area contributed by atoms with Crippen LogP contribution in [0.2, 0.25) is 0 Å². The number of ether oxygens (including phenoxy) is 1. The summed E-state index contributed by atoms with van der Waals surface area (Å²) in [6.07, 6.45) is 2.85. The number of hydrogen-bond donors (Lipinski definition) is 0. The third-order valence-electron chi connectivity index (χ3n) is 2.92. The molecule has 0 heterocycles. The Morgan fingerprint density at radius 2 is 2.00 bits per heavy atom. The molecule has 1 aromatic carbocycles. The van der Waals surface area contributed by atoms with Gasteiger partial charge in [-0.2, -0.15) is 0 Å². The van der Waals surface area contributed by atoms with E-state index in [1.807, 2.05) is 37.3 Å². The van der Waals surface area contributed by atoms with Crippen LogP contribution < -0.4 is 4.74 Å². The fourth-order valence-electron chi connectivity index (χ4n) is 1.56. The van der Waals surface area contributed by atoms with E-state index < -0.39 is 0 Å². The molecule has 1 aliphatic rings. The molecule has 0 spiro atoms. The second-order valence-corrected chi connectivity index (χ2v) is 3.84. The minimum atomic E-state index is -0.157. The highest BCUT2D eigenvalue weighted by atomic mass is 16.5. The van der Waals surface area contributed by atoms with Gasteiger partial charge in [0, 0.05) is 0 Å². The summed E-state index contributed by atoms with van der Waals surface area (Å²) in [5.41, 5.74) is -0.157. The minimum absolute atomic E-state index is 0.0637. The molecule has 14 heavy (non-hydrogen) atoms. The van der Waals surface area contributed by atoms with E-state index in [1.54, 1.807) is 0 Å². The first kappa shape index (κ1) is 9.25. The lowest BCUT2D eigenvalue weighted by atomic mass is 10.1. The van der Waals surface area contributed by atoms with Crippen LogP contribution in [0.5, 0.6) is 5.75 Å². The van der Waals surface area contributed by atoms with Gasteiger partial charge in [-0.15, -0.1) is 0 Å². The smallest absolute Gasteiger partial charge is 0.317 e. The fourth-order valence-corrected chi connectivity index (χ4v) is 1.56. The van der Waals surface area contributed by atoms with Gasteiger partial charge in [-0.05, 0) is 31.4 Å². The van der Waals surface area contributed by atoms with E-state index in [0.29, 0.717) is 5.75 Å². The molecular weight excluding hydrogens is 176 g/mol. The van der Waals surface area contributed by atoms with Crippen LogP contribution in [0.3, 0.4) is 0 Å². The van der Waals surface area contributed by atoms with Crippen molar-refractivity contribution >= 4 is 5.97 Å². The molecule has 0 atom stereocenters. The second-order valence-electron chi connectivity index (χ2n) is 3.84. The number of rotatable bonds is 3. The van der Waals surface area contributed by atoms with Gasteiger partial charge in [0.2, 0.25) is 0 Å². The van der Waals surface area contributed by atoms with Gasteiger partial charge in [-0.1, -0.05) is 25.1 Å². The van der Waals surface area contributed by atoms with E-state index in [1.165, 1.54) is 0 Å². The number of esters is 1. The Bertz CT molecular complexity index is 325. The van der Waals surface area contributed by atoms with Crippen molar-refractivity contribution in [1.29, 1.82) is 0 Å². The van der Waals surface area contributed by atoms with E-state index in [2.05, 4.69) is 0 Å². The average Bonchev–Trinajstić information content (AvgIpc) is 3.00. The van der Waals surface area contributed by atoms with Crippen LogP contribution in [0.25, 0.3) is 0 Å². The zero-order valence-electron chi connectivity index (χ0n) is 8.32. The minimum Gasteiger partial charge on any atom is -0.426 e. The normalized spacial score (nSPS) is 17.5. The van der Waals surface area contributed by atoms with Crippen molar-refractivity contribution in [3.05, 3.63) is 30.3 Å². The zero-order chi connectivity index (χ0) is 10.0. The fraction of sp³-hybridized carbons (Fsp3) is 0.417. The molecule has 1 aromatic rings. The molecule has 2 rings (SSSR count). The Balaban J connectivity index is 2.02. The molecule has 2 heteroatoms. The first-order chi connectivity index (χ1) is 6.77. The molecule has 1 fully saturated rings. The maximum Gasteiger partial charge on any atom is 0.317 e. The lowest BCUT2D eigenvalue weighted by molar-refractivity contribution is -0.140. The van der Waals surface area contributed by atoms with E-state index in [9.17, 15) is 4.79 Å². The van der Waals surface area contributed by atoms with Gasteiger partial charge >= 0.3 is 5.97 Å². The molecule has 2 nitrogen and oxygen atoms in total. The van der Waals surface area contributed by atoms with Crippen LogP contribution in [0, 0.1) is 5.41 Å². The van der Waals surface area contributed by atoms with E-state index in [0.717, 1.165) is 19.3 Å². The van der Waals surface area contributed by atoms with Gasteiger partial charge < -0.3 is 4.74 Å². The topological polar surface area (TPSA) is 26.3 Å². The Labute approximate surface area is 83.9 Å². The lowest BCUT2D eigenvalue weighted by Crippen LogP contribution is -2.20. The van der Waals surface area contributed by atoms with Crippen LogP contribution in [0.4, 0.5) is 0 Å². The predicted octanol–water partition coefficient (Wildman–Crippen LogP) is 2.78. The van der Waals surface area contributed by atoms with Crippen molar-refractivity contribution in [3.8, 4) is 5.75 Å². The highest BCUT2D eigenvalue weighted by molar-refractivity contribution is 5.81. The number of carbonyl (C=O) groups excluding carboxylic acids is 1. The van der Waals surface area contributed by atoms with Crippen molar-refractivity contribution in [2.24, 2.45) is 5.41 Å². The van der Waals surface area contributed by atoms with Gasteiger partial charge in [-0.3, -0.25) is 4.79 Å². The Morgan fingerprint density at radius 3 is 2.50 bits per heavy atom. The van der Waals surface area contributed by atoms with Crippen molar-refractivity contribution in [2.75, 3.05) is 0 Å². The summed E-state index contributed by atoms with van der Waals surface area (Å²) >= 11 is 0. The summed E-state index contributed by atoms with van der Waals surface area (Å²) < 4.78 is 5.29. The number of hydrogen-bond acceptors (Lipinski definition) is 2. The Kier molecular flexibility index (Phi) is 2.28. The number of carbonyl (C=O) groups is 1. The maximum atomic E-state index is 11.7. The summed E-state index contributed by atoms with van der Waals surface area (Å²) in [6, 6.07) is 9.26.